The normalized spacial score (nSPS) is 11.3. The second-order valence-electron chi connectivity index (χ2n) is 4.46. The number of aliphatic carboxylic acids is 1. The fourth-order valence-electron chi connectivity index (χ4n) is 2.05. The molecule has 0 saturated heterocycles. The van der Waals surface area contributed by atoms with Gasteiger partial charge < -0.3 is 14.8 Å². The van der Waals surface area contributed by atoms with Crippen LogP contribution in [0.15, 0.2) is 24.3 Å². The van der Waals surface area contributed by atoms with E-state index in [2.05, 4.69) is 4.98 Å². The number of aromatic nitrogens is 2. The Morgan fingerprint density at radius 2 is 2.16 bits per heavy atom. The van der Waals surface area contributed by atoms with Gasteiger partial charge in [0.2, 0.25) is 0 Å². The number of hydrogen-bond acceptors (Lipinski definition) is 4. The van der Waals surface area contributed by atoms with Crippen LogP contribution in [0.2, 0.25) is 0 Å². The van der Waals surface area contributed by atoms with E-state index in [1.165, 1.54) is 0 Å². The molecule has 2 N–H and O–H groups in total. The largest absolute Gasteiger partial charge is 0.480 e. The lowest BCUT2D eigenvalue weighted by molar-refractivity contribution is -0.137. The number of carboxylic acids is 1. The lowest BCUT2D eigenvalue weighted by Gasteiger charge is -2.15. The molecule has 0 aliphatic heterocycles. The van der Waals surface area contributed by atoms with Gasteiger partial charge in [0.25, 0.3) is 0 Å². The summed E-state index contributed by atoms with van der Waals surface area (Å²) in [7, 11) is 1.86. The van der Waals surface area contributed by atoms with Crippen molar-refractivity contribution in [2.24, 2.45) is 0 Å². The van der Waals surface area contributed by atoms with Gasteiger partial charge >= 0.3 is 5.97 Å². The fourth-order valence-corrected chi connectivity index (χ4v) is 2.05. The van der Waals surface area contributed by atoms with Crippen molar-refractivity contribution in [3.05, 3.63) is 30.1 Å². The van der Waals surface area contributed by atoms with Gasteiger partial charge in [-0.1, -0.05) is 12.1 Å². The minimum atomic E-state index is -0.894. The minimum absolute atomic E-state index is 0.0651. The number of hydrogen-bond donors (Lipinski definition) is 2. The molecule has 0 aliphatic rings. The van der Waals surface area contributed by atoms with Gasteiger partial charge in [-0.25, -0.2) is 4.98 Å². The van der Waals surface area contributed by atoms with E-state index in [0.29, 0.717) is 18.9 Å². The smallest absolute Gasteiger partial charge is 0.323 e. The van der Waals surface area contributed by atoms with E-state index in [-0.39, 0.29) is 13.2 Å². The van der Waals surface area contributed by atoms with Crippen molar-refractivity contribution in [3.63, 3.8) is 0 Å². The van der Waals surface area contributed by atoms with E-state index < -0.39 is 5.97 Å². The first-order valence-corrected chi connectivity index (χ1v) is 6.07. The summed E-state index contributed by atoms with van der Waals surface area (Å²) in [6.45, 7) is 0.983. The van der Waals surface area contributed by atoms with Crippen LogP contribution in [0.25, 0.3) is 11.0 Å². The molecular weight excluding hydrogens is 246 g/mol. The third-order valence-electron chi connectivity index (χ3n) is 2.92. The highest BCUT2D eigenvalue weighted by atomic mass is 16.4. The highest BCUT2D eigenvalue weighted by Gasteiger charge is 2.14. The van der Waals surface area contributed by atoms with Crippen LogP contribution in [0.4, 0.5) is 0 Å². The first-order chi connectivity index (χ1) is 9.11. The number of rotatable bonds is 6. The zero-order chi connectivity index (χ0) is 13.8. The molecule has 19 heavy (non-hydrogen) atoms. The monoisotopic (exact) mass is 263 g/mol. The average Bonchev–Trinajstić information content (AvgIpc) is 2.67. The molecule has 0 atom stereocenters. The summed E-state index contributed by atoms with van der Waals surface area (Å²) in [6.07, 6.45) is 0. The molecule has 1 aromatic carbocycles. The van der Waals surface area contributed by atoms with Gasteiger partial charge in [0.15, 0.2) is 0 Å². The maximum Gasteiger partial charge on any atom is 0.323 e. The second-order valence-corrected chi connectivity index (χ2v) is 4.46. The Labute approximate surface area is 110 Å². The zero-order valence-electron chi connectivity index (χ0n) is 10.8. The van der Waals surface area contributed by atoms with Crippen molar-refractivity contribution in [2.75, 3.05) is 20.2 Å². The number of likely N-dealkylation sites (N-methyl/N-ethyl adjacent to an activating group) is 1. The molecule has 1 aromatic heterocycles. The molecular formula is C13H17N3O3. The Morgan fingerprint density at radius 1 is 1.42 bits per heavy atom. The molecule has 2 aromatic rings. The van der Waals surface area contributed by atoms with Gasteiger partial charge in [-0.2, -0.15) is 0 Å². The molecule has 6 nitrogen and oxygen atoms in total. The summed E-state index contributed by atoms with van der Waals surface area (Å²) in [5.74, 6) is -0.200. The number of fused-ring (bicyclic) bond motifs is 1. The van der Waals surface area contributed by atoms with E-state index in [4.69, 9.17) is 10.2 Å². The first-order valence-electron chi connectivity index (χ1n) is 6.07. The lowest BCUT2D eigenvalue weighted by atomic mass is 10.3. The third-order valence-corrected chi connectivity index (χ3v) is 2.92. The van der Waals surface area contributed by atoms with Crippen molar-refractivity contribution >= 4 is 17.0 Å². The van der Waals surface area contributed by atoms with E-state index in [9.17, 15) is 4.79 Å². The van der Waals surface area contributed by atoms with Gasteiger partial charge in [0.1, 0.15) is 12.4 Å². The van der Waals surface area contributed by atoms with E-state index in [1.807, 2.05) is 36.2 Å². The summed E-state index contributed by atoms with van der Waals surface area (Å²) >= 11 is 0. The highest BCUT2D eigenvalue weighted by Crippen LogP contribution is 2.16. The molecule has 0 aliphatic carbocycles. The molecule has 0 bridgehead atoms. The van der Waals surface area contributed by atoms with Crippen LogP contribution in [-0.2, 0) is 17.9 Å². The standard InChI is InChI=1S/C13H17N3O3/c1-15(6-7-17)8-12-14-10-4-2-3-5-11(10)16(12)9-13(18)19/h2-5,17H,6-9H2,1H3,(H,18,19). The van der Waals surface area contributed by atoms with E-state index >= 15 is 0 Å². The molecule has 6 heteroatoms. The van der Waals surface area contributed by atoms with Crippen molar-refractivity contribution in [2.45, 2.75) is 13.1 Å². The lowest BCUT2D eigenvalue weighted by Crippen LogP contribution is -2.24. The van der Waals surface area contributed by atoms with Crippen molar-refractivity contribution in [1.82, 2.24) is 14.5 Å². The van der Waals surface area contributed by atoms with Crippen molar-refractivity contribution in [1.29, 1.82) is 0 Å². The molecule has 0 fully saturated rings. The maximum atomic E-state index is 11.0. The van der Waals surface area contributed by atoms with Crippen molar-refractivity contribution in [3.8, 4) is 0 Å². The minimum Gasteiger partial charge on any atom is -0.480 e. The highest BCUT2D eigenvalue weighted by molar-refractivity contribution is 5.78. The quantitative estimate of drug-likeness (QED) is 0.795. The van der Waals surface area contributed by atoms with Gasteiger partial charge in [0.05, 0.1) is 24.2 Å². The van der Waals surface area contributed by atoms with Gasteiger partial charge in [0, 0.05) is 6.54 Å². The molecule has 0 radical (unpaired) electrons. The van der Waals surface area contributed by atoms with Crippen LogP contribution in [0.3, 0.4) is 0 Å². The predicted molar refractivity (Wildman–Crippen MR) is 70.8 cm³/mol. The number of aliphatic hydroxyl groups is 1. The van der Waals surface area contributed by atoms with Gasteiger partial charge in [-0.3, -0.25) is 9.69 Å². The van der Waals surface area contributed by atoms with E-state index in [0.717, 1.165) is 11.0 Å². The van der Waals surface area contributed by atoms with Crippen LogP contribution >= 0.6 is 0 Å². The van der Waals surface area contributed by atoms with Gasteiger partial charge in [-0.05, 0) is 19.2 Å². The predicted octanol–water partition coefficient (Wildman–Crippen LogP) is 0.545. The number of carboxylic acid groups (broad SMARTS) is 1. The Bertz CT molecular complexity index is 580. The van der Waals surface area contributed by atoms with Crippen LogP contribution < -0.4 is 0 Å². The van der Waals surface area contributed by atoms with Gasteiger partial charge in [-0.15, -0.1) is 0 Å². The Morgan fingerprint density at radius 3 is 2.84 bits per heavy atom. The zero-order valence-corrected chi connectivity index (χ0v) is 10.8. The Balaban J connectivity index is 2.37. The van der Waals surface area contributed by atoms with Crippen LogP contribution in [-0.4, -0.2) is 50.8 Å². The SMILES string of the molecule is CN(CCO)Cc1nc2ccccc2n1CC(=O)O. The number of carbonyl (C=O) groups is 1. The third kappa shape index (κ3) is 3.10. The molecule has 0 amide bonds. The molecule has 0 spiro atoms. The summed E-state index contributed by atoms with van der Waals surface area (Å²) in [4.78, 5) is 17.3. The number of nitrogens with zero attached hydrogens (tertiary/aromatic N) is 3. The van der Waals surface area contributed by atoms with Crippen LogP contribution in [0.1, 0.15) is 5.82 Å². The Hall–Kier alpha value is -1.92. The molecule has 1 heterocycles. The maximum absolute atomic E-state index is 11.0. The summed E-state index contributed by atoms with van der Waals surface area (Å²) in [6, 6.07) is 7.47. The molecule has 0 unspecified atom stereocenters. The fraction of sp³-hybridized carbons (Fsp3) is 0.385. The number of imidazole rings is 1. The first kappa shape index (κ1) is 13.5. The second kappa shape index (κ2) is 5.81. The molecule has 2 rings (SSSR count). The number of aliphatic hydroxyl groups excluding tert-OH is 1. The summed E-state index contributed by atoms with van der Waals surface area (Å²) < 4.78 is 1.70. The average molecular weight is 263 g/mol. The van der Waals surface area contributed by atoms with Crippen LogP contribution in [0, 0.1) is 0 Å². The van der Waals surface area contributed by atoms with E-state index in [1.54, 1.807) is 4.57 Å². The number of para-hydroxylation sites is 2. The summed E-state index contributed by atoms with van der Waals surface area (Å²) in [5.41, 5.74) is 1.61. The molecule has 0 saturated carbocycles. The Kier molecular flexibility index (Phi) is 4.13. The van der Waals surface area contributed by atoms with Crippen molar-refractivity contribution < 1.29 is 15.0 Å². The molecule has 102 valence electrons. The topological polar surface area (TPSA) is 78.6 Å². The van der Waals surface area contributed by atoms with Crippen LogP contribution in [0.5, 0.6) is 0 Å². The summed E-state index contributed by atoms with van der Waals surface area (Å²) in [5, 5.41) is 17.9. The number of benzene rings is 1.